The van der Waals surface area contributed by atoms with E-state index in [1.165, 1.54) is 12.1 Å². The van der Waals surface area contributed by atoms with Crippen molar-refractivity contribution in [1.29, 1.82) is 0 Å². The molecule has 17 heavy (non-hydrogen) atoms. The van der Waals surface area contributed by atoms with Gasteiger partial charge in [0.1, 0.15) is 5.82 Å². The van der Waals surface area contributed by atoms with E-state index in [9.17, 15) is 9.18 Å². The summed E-state index contributed by atoms with van der Waals surface area (Å²) in [6.07, 6.45) is 2.03. The van der Waals surface area contributed by atoms with E-state index in [2.05, 4.69) is 10.6 Å². The lowest BCUT2D eigenvalue weighted by molar-refractivity contribution is -0.121. The van der Waals surface area contributed by atoms with Crippen LogP contribution < -0.4 is 10.6 Å². The molecule has 1 aromatic rings. The van der Waals surface area contributed by atoms with Crippen molar-refractivity contribution >= 4 is 5.91 Å². The molecule has 0 aromatic heterocycles. The molecule has 0 bridgehead atoms. The second kappa shape index (κ2) is 7.79. The Hall–Kier alpha value is -1.42. The second-order valence-electron chi connectivity index (χ2n) is 3.94. The number of benzene rings is 1. The van der Waals surface area contributed by atoms with Gasteiger partial charge in [0.2, 0.25) is 5.91 Å². The van der Waals surface area contributed by atoms with Gasteiger partial charge in [-0.3, -0.25) is 4.79 Å². The minimum atomic E-state index is -0.233. The van der Waals surface area contributed by atoms with E-state index in [4.69, 9.17) is 0 Å². The van der Waals surface area contributed by atoms with E-state index in [1.807, 2.05) is 13.1 Å². The quantitative estimate of drug-likeness (QED) is 0.707. The van der Waals surface area contributed by atoms with E-state index in [-0.39, 0.29) is 11.7 Å². The Labute approximate surface area is 101 Å². The van der Waals surface area contributed by atoms with Gasteiger partial charge in [0.25, 0.3) is 0 Å². The van der Waals surface area contributed by atoms with Crippen molar-refractivity contribution in [2.75, 3.05) is 20.1 Å². The Morgan fingerprint density at radius 2 is 2.18 bits per heavy atom. The van der Waals surface area contributed by atoms with Gasteiger partial charge in [0.15, 0.2) is 0 Å². The molecule has 0 aliphatic carbocycles. The number of halogens is 1. The first-order valence-corrected chi connectivity index (χ1v) is 5.88. The van der Waals surface area contributed by atoms with Gasteiger partial charge in [-0.2, -0.15) is 0 Å². The van der Waals surface area contributed by atoms with Crippen molar-refractivity contribution in [2.45, 2.75) is 19.3 Å². The highest BCUT2D eigenvalue weighted by Crippen LogP contribution is 2.03. The summed E-state index contributed by atoms with van der Waals surface area (Å²) in [4.78, 5) is 11.4. The van der Waals surface area contributed by atoms with E-state index in [1.54, 1.807) is 6.07 Å². The van der Waals surface area contributed by atoms with Gasteiger partial charge in [-0.1, -0.05) is 12.1 Å². The van der Waals surface area contributed by atoms with E-state index in [0.29, 0.717) is 19.4 Å². The Morgan fingerprint density at radius 3 is 2.88 bits per heavy atom. The van der Waals surface area contributed by atoms with Crippen LogP contribution in [-0.2, 0) is 11.2 Å². The average molecular weight is 238 g/mol. The molecule has 0 fully saturated rings. The lowest BCUT2D eigenvalue weighted by atomic mass is 10.1. The molecule has 1 aromatic carbocycles. The molecule has 3 nitrogen and oxygen atoms in total. The first-order valence-electron chi connectivity index (χ1n) is 5.88. The molecule has 0 unspecified atom stereocenters. The molecule has 0 spiro atoms. The third-order valence-electron chi connectivity index (χ3n) is 2.46. The topological polar surface area (TPSA) is 41.1 Å². The lowest BCUT2D eigenvalue weighted by Crippen LogP contribution is -2.26. The van der Waals surface area contributed by atoms with Crippen LogP contribution in [0.2, 0.25) is 0 Å². The zero-order valence-corrected chi connectivity index (χ0v) is 10.1. The number of amides is 1. The first-order chi connectivity index (χ1) is 8.22. The first kappa shape index (κ1) is 13.6. The summed E-state index contributed by atoms with van der Waals surface area (Å²) in [6, 6.07) is 6.45. The molecular formula is C13H19FN2O. The zero-order chi connectivity index (χ0) is 12.5. The molecule has 4 heteroatoms. The Morgan fingerprint density at radius 1 is 1.35 bits per heavy atom. The number of nitrogens with one attached hydrogen (secondary N) is 2. The van der Waals surface area contributed by atoms with Gasteiger partial charge in [-0.05, 0) is 44.1 Å². The van der Waals surface area contributed by atoms with Crippen LogP contribution in [0.5, 0.6) is 0 Å². The summed E-state index contributed by atoms with van der Waals surface area (Å²) in [5.41, 5.74) is 0.903. The molecule has 0 aliphatic heterocycles. The summed E-state index contributed by atoms with van der Waals surface area (Å²) >= 11 is 0. The standard InChI is InChI=1S/C13H19FN2O/c1-15-8-3-6-13(17)16-9-7-11-4-2-5-12(14)10-11/h2,4-5,10,15H,3,6-9H2,1H3,(H,16,17). The van der Waals surface area contributed by atoms with Gasteiger partial charge in [-0.15, -0.1) is 0 Å². The fourth-order valence-electron chi connectivity index (χ4n) is 1.55. The highest BCUT2D eigenvalue weighted by molar-refractivity contribution is 5.75. The van der Waals surface area contributed by atoms with Crippen molar-refractivity contribution in [3.8, 4) is 0 Å². The molecule has 0 radical (unpaired) electrons. The molecule has 0 saturated carbocycles. The molecule has 2 N–H and O–H groups in total. The molecular weight excluding hydrogens is 219 g/mol. The average Bonchev–Trinajstić information content (AvgIpc) is 2.29. The zero-order valence-electron chi connectivity index (χ0n) is 10.1. The number of carbonyl (C=O) groups excluding carboxylic acids is 1. The van der Waals surface area contributed by atoms with Crippen molar-refractivity contribution in [3.05, 3.63) is 35.6 Å². The molecule has 0 saturated heterocycles. The van der Waals surface area contributed by atoms with Crippen LogP contribution in [0.1, 0.15) is 18.4 Å². The highest BCUT2D eigenvalue weighted by Gasteiger charge is 2.00. The number of hydrogen-bond acceptors (Lipinski definition) is 2. The van der Waals surface area contributed by atoms with Crippen molar-refractivity contribution in [2.24, 2.45) is 0 Å². The molecule has 94 valence electrons. The minimum absolute atomic E-state index is 0.0525. The Kier molecular flexibility index (Phi) is 6.25. The van der Waals surface area contributed by atoms with E-state index in [0.717, 1.165) is 18.5 Å². The Bertz CT molecular complexity index is 355. The summed E-state index contributed by atoms with van der Waals surface area (Å²) in [6.45, 7) is 1.40. The third-order valence-corrected chi connectivity index (χ3v) is 2.46. The van der Waals surface area contributed by atoms with Crippen molar-refractivity contribution < 1.29 is 9.18 Å². The maximum Gasteiger partial charge on any atom is 0.220 e. The van der Waals surface area contributed by atoms with Crippen LogP contribution >= 0.6 is 0 Å². The van der Waals surface area contributed by atoms with E-state index >= 15 is 0 Å². The summed E-state index contributed by atoms with van der Waals surface area (Å²) in [5, 5.41) is 5.81. The molecule has 0 atom stereocenters. The maximum atomic E-state index is 12.9. The predicted octanol–water partition coefficient (Wildman–Crippen LogP) is 1.48. The Balaban J connectivity index is 2.17. The van der Waals surface area contributed by atoms with Gasteiger partial charge in [0, 0.05) is 13.0 Å². The summed E-state index contributed by atoms with van der Waals surface area (Å²) in [7, 11) is 1.86. The second-order valence-corrected chi connectivity index (χ2v) is 3.94. The van der Waals surface area contributed by atoms with Crippen LogP contribution in [0.3, 0.4) is 0 Å². The van der Waals surface area contributed by atoms with E-state index < -0.39 is 0 Å². The van der Waals surface area contributed by atoms with Crippen molar-refractivity contribution in [1.82, 2.24) is 10.6 Å². The molecule has 1 amide bonds. The van der Waals surface area contributed by atoms with Crippen LogP contribution in [0.25, 0.3) is 0 Å². The maximum absolute atomic E-state index is 12.9. The lowest BCUT2D eigenvalue weighted by Gasteiger charge is -2.05. The number of carbonyl (C=O) groups is 1. The van der Waals surface area contributed by atoms with Gasteiger partial charge < -0.3 is 10.6 Å². The molecule has 1 rings (SSSR count). The highest BCUT2D eigenvalue weighted by atomic mass is 19.1. The normalized spacial score (nSPS) is 10.2. The fraction of sp³-hybridized carbons (Fsp3) is 0.462. The van der Waals surface area contributed by atoms with Gasteiger partial charge in [-0.25, -0.2) is 4.39 Å². The smallest absolute Gasteiger partial charge is 0.220 e. The monoisotopic (exact) mass is 238 g/mol. The third kappa shape index (κ3) is 6.02. The minimum Gasteiger partial charge on any atom is -0.356 e. The summed E-state index contributed by atoms with van der Waals surface area (Å²) in [5.74, 6) is -0.181. The SMILES string of the molecule is CNCCCC(=O)NCCc1cccc(F)c1. The van der Waals surface area contributed by atoms with Gasteiger partial charge >= 0.3 is 0 Å². The predicted molar refractivity (Wildman–Crippen MR) is 66.3 cm³/mol. The number of rotatable bonds is 7. The number of hydrogen-bond donors (Lipinski definition) is 2. The van der Waals surface area contributed by atoms with Crippen LogP contribution in [0, 0.1) is 5.82 Å². The van der Waals surface area contributed by atoms with Crippen LogP contribution in [-0.4, -0.2) is 26.0 Å². The molecule has 0 aliphatic rings. The summed E-state index contributed by atoms with van der Waals surface area (Å²) < 4.78 is 12.9. The van der Waals surface area contributed by atoms with Gasteiger partial charge in [0.05, 0.1) is 0 Å². The van der Waals surface area contributed by atoms with Crippen LogP contribution in [0.15, 0.2) is 24.3 Å². The fourth-order valence-corrected chi connectivity index (χ4v) is 1.55. The van der Waals surface area contributed by atoms with Crippen molar-refractivity contribution in [3.63, 3.8) is 0 Å². The largest absolute Gasteiger partial charge is 0.356 e. The molecule has 0 heterocycles. The van der Waals surface area contributed by atoms with Crippen LogP contribution in [0.4, 0.5) is 4.39 Å².